The van der Waals surface area contributed by atoms with Crippen LogP contribution in [0, 0.1) is 5.82 Å². The van der Waals surface area contributed by atoms with E-state index in [1.165, 1.54) is 12.1 Å². The number of esters is 1. The maximum absolute atomic E-state index is 13.3. The molecule has 2 rings (SSSR count). The first kappa shape index (κ1) is 12.8. The lowest BCUT2D eigenvalue weighted by Crippen LogP contribution is -2.07. The van der Waals surface area contributed by atoms with Gasteiger partial charge in [0.05, 0.1) is 11.8 Å². The van der Waals surface area contributed by atoms with Crippen molar-refractivity contribution in [1.82, 2.24) is 0 Å². The third kappa shape index (κ3) is 2.05. The number of ether oxygens (including phenoxy) is 1. The predicted molar refractivity (Wildman–Crippen MR) is 58.1 cm³/mol. The number of carbonyl (C=O) groups excluding carboxylic acids is 1. The maximum atomic E-state index is 13.3. The van der Waals surface area contributed by atoms with Crippen LogP contribution in [0.2, 0.25) is 0 Å². The fourth-order valence-electron chi connectivity index (χ4n) is 1.54. The minimum absolute atomic E-state index is 0.00333. The summed E-state index contributed by atoms with van der Waals surface area (Å²) in [5, 5.41) is 0.161. The molecule has 2 nitrogen and oxygen atoms in total. The highest BCUT2D eigenvalue weighted by atomic mass is 32.1. The van der Waals surface area contributed by atoms with E-state index in [0.29, 0.717) is 11.3 Å². The van der Waals surface area contributed by atoms with Crippen LogP contribution >= 0.6 is 11.3 Å². The number of alkyl halides is 3. The minimum Gasteiger partial charge on any atom is -0.465 e. The molecule has 0 saturated carbocycles. The molecule has 0 fully saturated rings. The van der Waals surface area contributed by atoms with Gasteiger partial charge in [0.15, 0.2) is 0 Å². The predicted octanol–water partition coefficient (Wildman–Crippen LogP) is 3.85. The zero-order chi connectivity index (χ0) is 13.5. The second-order valence-corrected chi connectivity index (χ2v) is 4.49. The number of hydrogen-bond donors (Lipinski definition) is 0. The van der Waals surface area contributed by atoms with E-state index in [-0.39, 0.29) is 15.0 Å². The monoisotopic (exact) mass is 278 g/mol. The highest BCUT2D eigenvalue weighted by Crippen LogP contribution is 2.40. The van der Waals surface area contributed by atoms with Crippen molar-refractivity contribution in [2.45, 2.75) is 6.18 Å². The molecule has 0 N–H and O–H groups in total. The molecule has 0 aliphatic heterocycles. The quantitative estimate of drug-likeness (QED) is 0.585. The van der Waals surface area contributed by atoms with E-state index in [2.05, 4.69) is 4.74 Å². The van der Waals surface area contributed by atoms with Gasteiger partial charge in [-0.1, -0.05) is 6.07 Å². The Labute approximate surface area is 103 Å². The summed E-state index contributed by atoms with van der Waals surface area (Å²) in [4.78, 5) is 11.2. The summed E-state index contributed by atoms with van der Waals surface area (Å²) in [6, 6.07) is 3.18. The number of hydrogen-bond acceptors (Lipinski definition) is 3. The summed E-state index contributed by atoms with van der Waals surface area (Å²) >= 11 is 0.563. The van der Waals surface area contributed by atoms with Gasteiger partial charge in [0.2, 0.25) is 0 Å². The van der Waals surface area contributed by atoms with Gasteiger partial charge < -0.3 is 4.74 Å². The molecule has 1 heterocycles. The lowest BCUT2D eigenvalue weighted by atomic mass is 10.1. The normalized spacial score (nSPS) is 11.8. The Balaban J connectivity index is 2.73. The lowest BCUT2D eigenvalue weighted by molar-refractivity contribution is -0.138. The van der Waals surface area contributed by atoms with Crippen LogP contribution in [0.25, 0.3) is 10.1 Å². The molecule has 0 spiro atoms. The van der Waals surface area contributed by atoms with Crippen molar-refractivity contribution in [1.29, 1.82) is 0 Å². The summed E-state index contributed by atoms with van der Waals surface area (Å²) in [7, 11) is 1.12. The summed E-state index contributed by atoms with van der Waals surface area (Å²) in [5.41, 5.74) is -1.35. The summed E-state index contributed by atoms with van der Waals surface area (Å²) in [5.74, 6) is -2.10. The van der Waals surface area contributed by atoms with Gasteiger partial charge in [0.25, 0.3) is 0 Å². The van der Waals surface area contributed by atoms with E-state index in [4.69, 9.17) is 0 Å². The van der Waals surface area contributed by atoms with Gasteiger partial charge >= 0.3 is 12.1 Å². The van der Waals surface area contributed by atoms with E-state index in [9.17, 15) is 22.4 Å². The number of rotatable bonds is 1. The maximum Gasteiger partial charge on any atom is 0.420 e. The van der Waals surface area contributed by atoms with Gasteiger partial charge in [-0.2, -0.15) is 13.2 Å². The van der Waals surface area contributed by atoms with Crippen LogP contribution in [0.3, 0.4) is 0 Å². The number of carbonyl (C=O) groups is 1. The molecule has 0 saturated heterocycles. The molecule has 0 aliphatic rings. The Morgan fingerprint density at radius 2 is 2.00 bits per heavy atom. The average molecular weight is 278 g/mol. The number of fused-ring (bicyclic) bond motifs is 1. The molecule has 0 amide bonds. The smallest absolute Gasteiger partial charge is 0.420 e. The Morgan fingerprint density at radius 3 is 2.56 bits per heavy atom. The fourth-order valence-corrected chi connectivity index (χ4v) is 2.68. The zero-order valence-corrected chi connectivity index (χ0v) is 9.79. The first-order chi connectivity index (χ1) is 8.34. The van der Waals surface area contributed by atoms with Crippen LogP contribution in [-0.4, -0.2) is 13.1 Å². The molecule has 0 aliphatic carbocycles. The molecule has 0 atom stereocenters. The molecular weight excluding hydrogens is 272 g/mol. The first-order valence-electron chi connectivity index (χ1n) is 4.72. The van der Waals surface area contributed by atoms with E-state index in [1.807, 2.05) is 0 Å². The highest BCUT2D eigenvalue weighted by molar-refractivity contribution is 7.21. The van der Waals surface area contributed by atoms with Crippen LogP contribution in [0.15, 0.2) is 18.2 Å². The van der Waals surface area contributed by atoms with Crippen molar-refractivity contribution < 1.29 is 27.1 Å². The Hall–Kier alpha value is -1.63. The summed E-state index contributed by atoms with van der Waals surface area (Å²) < 4.78 is 55.6. The Morgan fingerprint density at radius 1 is 1.33 bits per heavy atom. The van der Waals surface area contributed by atoms with E-state index in [0.717, 1.165) is 13.2 Å². The molecule has 0 bridgehead atoms. The minimum atomic E-state index is -4.80. The number of halogens is 4. The van der Waals surface area contributed by atoms with Gasteiger partial charge in [0, 0.05) is 0 Å². The molecule has 0 unspecified atom stereocenters. The van der Waals surface area contributed by atoms with Gasteiger partial charge in [-0.05, 0) is 17.5 Å². The third-order valence-electron chi connectivity index (χ3n) is 2.31. The van der Waals surface area contributed by atoms with Crippen LogP contribution in [0.5, 0.6) is 0 Å². The van der Waals surface area contributed by atoms with Crippen LogP contribution < -0.4 is 0 Å². The van der Waals surface area contributed by atoms with E-state index in [1.54, 1.807) is 0 Å². The Bertz CT molecular complexity index is 615. The third-order valence-corrected chi connectivity index (χ3v) is 3.45. The summed E-state index contributed by atoms with van der Waals surface area (Å²) in [6.45, 7) is 0. The molecular formula is C11H6F4O2S. The molecule has 2 aromatic rings. The largest absolute Gasteiger partial charge is 0.465 e. The molecule has 96 valence electrons. The van der Waals surface area contributed by atoms with Gasteiger partial charge in [-0.3, -0.25) is 0 Å². The molecule has 1 aromatic heterocycles. The van der Waals surface area contributed by atoms with Crippen molar-refractivity contribution in [3.8, 4) is 0 Å². The van der Waals surface area contributed by atoms with Gasteiger partial charge in [-0.15, -0.1) is 11.3 Å². The fraction of sp³-hybridized carbons (Fsp3) is 0.182. The van der Waals surface area contributed by atoms with E-state index >= 15 is 0 Å². The molecule has 18 heavy (non-hydrogen) atoms. The van der Waals surface area contributed by atoms with Crippen LogP contribution in [-0.2, 0) is 10.9 Å². The van der Waals surface area contributed by atoms with Crippen molar-refractivity contribution >= 4 is 27.4 Å². The SMILES string of the molecule is COC(=O)c1cc2ccc(F)c(C(F)(F)F)c2s1. The Kier molecular flexibility index (Phi) is 3.02. The van der Waals surface area contributed by atoms with E-state index < -0.39 is 23.5 Å². The first-order valence-corrected chi connectivity index (χ1v) is 5.54. The summed E-state index contributed by atoms with van der Waals surface area (Å²) in [6.07, 6.45) is -4.80. The van der Waals surface area contributed by atoms with Crippen molar-refractivity contribution in [3.05, 3.63) is 34.5 Å². The standard InChI is InChI=1S/C11H6F4O2S/c1-17-10(16)7-4-5-2-3-6(12)8(9(5)18-7)11(13,14)15/h2-4H,1H3. The van der Waals surface area contributed by atoms with Crippen molar-refractivity contribution in [3.63, 3.8) is 0 Å². The van der Waals surface area contributed by atoms with Gasteiger partial charge in [0.1, 0.15) is 16.3 Å². The second-order valence-electron chi connectivity index (χ2n) is 3.44. The average Bonchev–Trinajstić information content (AvgIpc) is 2.69. The zero-order valence-electron chi connectivity index (χ0n) is 8.97. The van der Waals surface area contributed by atoms with Crippen molar-refractivity contribution in [2.24, 2.45) is 0 Å². The number of benzene rings is 1. The van der Waals surface area contributed by atoms with Crippen LogP contribution in [0.1, 0.15) is 15.2 Å². The molecule has 0 radical (unpaired) electrons. The van der Waals surface area contributed by atoms with Crippen molar-refractivity contribution in [2.75, 3.05) is 7.11 Å². The highest BCUT2D eigenvalue weighted by Gasteiger charge is 2.37. The molecule has 1 aromatic carbocycles. The topological polar surface area (TPSA) is 26.3 Å². The lowest BCUT2D eigenvalue weighted by Gasteiger charge is -2.08. The molecule has 7 heteroatoms. The number of methoxy groups -OCH3 is 1. The van der Waals surface area contributed by atoms with Crippen LogP contribution in [0.4, 0.5) is 17.6 Å². The van der Waals surface area contributed by atoms with Gasteiger partial charge in [-0.25, -0.2) is 9.18 Å². The second kappa shape index (κ2) is 4.24. The number of thiophene rings is 1.